The molecule has 0 bridgehead atoms. The van der Waals surface area contributed by atoms with E-state index in [0.29, 0.717) is 11.1 Å². The Balaban J connectivity index is 0.00000144. The number of pyridine rings is 1. The van der Waals surface area contributed by atoms with Crippen molar-refractivity contribution in [2.75, 3.05) is 5.73 Å². The third-order valence-corrected chi connectivity index (χ3v) is 3.73. The first-order valence-corrected chi connectivity index (χ1v) is 6.71. The van der Waals surface area contributed by atoms with Crippen LogP contribution in [0.5, 0.6) is 0 Å². The molecule has 0 saturated heterocycles. The fourth-order valence-electron chi connectivity index (χ4n) is 2.71. The number of nitrogens with two attached hydrogens (primary N) is 1. The highest BCUT2D eigenvalue weighted by Crippen LogP contribution is 2.25. The normalized spacial score (nSPS) is 10.7. The molecule has 0 saturated carbocycles. The Kier molecular flexibility index (Phi) is 3.39. The van der Waals surface area contributed by atoms with Gasteiger partial charge < -0.3 is 15.7 Å². The predicted octanol–water partition coefficient (Wildman–Crippen LogP) is 3.68. The third-order valence-electron chi connectivity index (χ3n) is 3.73. The van der Waals surface area contributed by atoms with E-state index in [9.17, 15) is 4.79 Å². The van der Waals surface area contributed by atoms with E-state index >= 15 is 0 Å². The molecule has 0 radical (unpaired) electrons. The molecule has 0 aliphatic carbocycles. The summed E-state index contributed by atoms with van der Waals surface area (Å²) in [4.78, 5) is 18.9. The van der Waals surface area contributed by atoms with Gasteiger partial charge in [0.25, 0.3) is 0 Å². The van der Waals surface area contributed by atoms with Gasteiger partial charge in [-0.05, 0) is 30.3 Å². The van der Waals surface area contributed by atoms with Gasteiger partial charge in [-0.1, -0.05) is 12.1 Å². The van der Waals surface area contributed by atoms with Crippen LogP contribution in [0, 0.1) is 0 Å². The molecule has 0 amide bonds. The molecule has 0 aliphatic heterocycles. The topological polar surface area (TPSA) is 74.7 Å². The maximum atomic E-state index is 12.4. The zero-order valence-corrected chi connectivity index (χ0v) is 12.4. The third kappa shape index (κ3) is 2.14. The smallest absolute Gasteiger partial charge is 0.190 e. The van der Waals surface area contributed by atoms with Crippen LogP contribution < -0.4 is 11.2 Å². The van der Waals surface area contributed by atoms with Crippen LogP contribution in [0.1, 0.15) is 0 Å². The summed E-state index contributed by atoms with van der Waals surface area (Å²) in [6.45, 7) is 0. The number of nitrogen functional groups attached to an aromatic ring is 1. The number of hydrogen-bond acceptors (Lipinski definition) is 2. The molecule has 0 fully saturated rings. The molecule has 22 heavy (non-hydrogen) atoms. The Morgan fingerprint density at radius 3 is 2.64 bits per heavy atom. The van der Waals surface area contributed by atoms with Gasteiger partial charge in [0.1, 0.15) is 0 Å². The number of nitrogens with one attached hydrogen (secondary N) is 2. The summed E-state index contributed by atoms with van der Waals surface area (Å²) in [6.07, 6.45) is 1.87. The number of benzene rings is 2. The quantitative estimate of drug-likeness (QED) is 0.469. The monoisotopic (exact) mass is 311 g/mol. The molecule has 4 aromatic rings. The first kappa shape index (κ1) is 14.2. The highest BCUT2D eigenvalue weighted by molar-refractivity contribution is 6.04. The minimum Gasteiger partial charge on any atom is -0.399 e. The molecule has 0 atom stereocenters. The highest BCUT2D eigenvalue weighted by Gasteiger charge is 2.08. The van der Waals surface area contributed by atoms with Crippen molar-refractivity contribution in [1.82, 2.24) is 9.97 Å². The summed E-state index contributed by atoms with van der Waals surface area (Å²) in [5.41, 5.74) is 10.0. The summed E-state index contributed by atoms with van der Waals surface area (Å²) >= 11 is 0. The van der Waals surface area contributed by atoms with Crippen molar-refractivity contribution in [3.63, 3.8) is 0 Å². The van der Waals surface area contributed by atoms with E-state index in [-0.39, 0.29) is 17.8 Å². The SMILES string of the molecule is Cl.Nc1cccc(-c2cc(=O)c3ccc4[nH]ccc4c3[nH]2)c1. The number of aromatic amines is 2. The molecule has 0 unspecified atom stereocenters. The van der Waals surface area contributed by atoms with Crippen molar-refractivity contribution in [3.05, 3.63) is 65.0 Å². The van der Waals surface area contributed by atoms with Crippen molar-refractivity contribution in [2.24, 2.45) is 0 Å². The lowest BCUT2D eigenvalue weighted by Gasteiger charge is -2.06. The number of halogens is 1. The fourth-order valence-corrected chi connectivity index (χ4v) is 2.71. The number of aromatic nitrogens is 2. The lowest BCUT2D eigenvalue weighted by molar-refractivity contribution is 1.39. The Morgan fingerprint density at radius 2 is 1.82 bits per heavy atom. The molecule has 0 aliphatic rings. The minimum absolute atomic E-state index is 0. The number of anilines is 1. The van der Waals surface area contributed by atoms with Gasteiger partial charge in [0.15, 0.2) is 5.43 Å². The number of hydrogen-bond donors (Lipinski definition) is 3. The molecule has 2 heterocycles. The molecule has 0 spiro atoms. The van der Waals surface area contributed by atoms with Crippen LogP contribution in [-0.2, 0) is 0 Å². The number of rotatable bonds is 1. The van der Waals surface area contributed by atoms with Crippen molar-refractivity contribution in [1.29, 1.82) is 0 Å². The van der Waals surface area contributed by atoms with E-state index in [1.54, 1.807) is 6.07 Å². The van der Waals surface area contributed by atoms with Gasteiger partial charge >= 0.3 is 0 Å². The number of fused-ring (bicyclic) bond motifs is 3. The van der Waals surface area contributed by atoms with E-state index in [0.717, 1.165) is 27.7 Å². The Labute approximate surface area is 132 Å². The van der Waals surface area contributed by atoms with Crippen molar-refractivity contribution in [3.8, 4) is 11.3 Å². The van der Waals surface area contributed by atoms with Gasteiger partial charge in [0.05, 0.1) is 5.52 Å². The van der Waals surface area contributed by atoms with Gasteiger partial charge in [-0.2, -0.15) is 0 Å². The minimum atomic E-state index is 0. The van der Waals surface area contributed by atoms with E-state index in [1.165, 1.54) is 0 Å². The first-order valence-electron chi connectivity index (χ1n) is 6.71. The van der Waals surface area contributed by atoms with Gasteiger partial charge in [0, 0.05) is 45.5 Å². The highest BCUT2D eigenvalue weighted by atomic mass is 35.5. The molecule has 4 N–H and O–H groups in total. The maximum Gasteiger partial charge on any atom is 0.190 e. The largest absolute Gasteiger partial charge is 0.399 e. The molecule has 2 aromatic heterocycles. The second kappa shape index (κ2) is 5.24. The predicted molar refractivity (Wildman–Crippen MR) is 93.5 cm³/mol. The van der Waals surface area contributed by atoms with Gasteiger partial charge in [-0.25, -0.2) is 0 Å². The maximum absolute atomic E-state index is 12.4. The average molecular weight is 312 g/mol. The molecule has 110 valence electrons. The molecule has 4 rings (SSSR count). The Hall–Kier alpha value is -2.72. The lowest BCUT2D eigenvalue weighted by atomic mass is 10.1. The van der Waals surface area contributed by atoms with Gasteiger partial charge in [-0.3, -0.25) is 4.79 Å². The van der Waals surface area contributed by atoms with Crippen molar-refractivity contribution >= 4 is 39.9 Å². The summed E-state index contributed by atoms with van der Waals surface area (Å²) in [5, 5.41) is 1.70. The van der Waals surface area contributed by atoms with Crippen LogP contribution >= 0.6 is 12.4 Å². The van der Waals surface area contributed by atoms with E-state index in [2.05, 4.69) is 9.97 Å². The van der Waals surface area contributed by atoms with Crippen LogP contribution in [0.3, 0.4) is 0 Å². The summed E-state index contributed by atoms with van der Waals surface area (Å²) in [7, 11) is 0. The standard InChI is InChI=1S/C17H13N3O.ClH/c18-11-3-1-2-10(8-11)15-9-16(21)13-4-5-14-12(6-7-19-14)17(13)20-15;/h1-9,19H,18H2,(H,20,21);1H. The number of H-pyrrole nitrogens is 2. The van der Waals surface area contributed by atoms with Gasteiger partial charge in [0.2, 0.25) is 0 Å². The molecular weight excluding hydrogens is 298 g/mol. The van der Waals surface area contributed by atoms with Crippen LogP contribution in [0.2, 0.25) is 0 Å². The molecule has 4 nitrogen and oxygen atoms in total. The lowest BCUT2D eigenvalue weighted by Crippen LogP contribution is -2.03. The van der Waals surface area contributed by atoms with Crippen LogP contribution in [0.4, 0.5) is 5.69 Å². The van der Waals surface area contributed by atoms with E-state index in [1.807, 2.05) is 48.7 Å². The van der Waals surface area contributed by atoms with Crippen molar-refractivity contribution in [2.45, 2.75) is 0 Å². The van der Waals surface area contributed by atoms with Crippen molar-refractivity contribution < 1.29 is 0 Å². The summed E-state index contributed by atoms with van der Waals surface area (Å²) in [6, 6.07) is 14.9. The second-order valence-corrected chi connectivity index (χ2v) is 5.10. The Morgan fingerprint density at radius 1 is 0.955 bits per heavy atom. The summed E-state index contributed by atoms with van der Waals surface area (Å²) < 4.78 is 0. The molecule has 2 aromatic carbocycles. The average Bonchev–Trinajstić information content (AvgIpc) is 2.96. The second-order valence-electron chi connectivity index (χ2n) is 5.10. The molecular formula is C17H14ClN3O. The van der Waals surface area contributed by atoms with Crippen LogP contribution in [0.15, 0.2) is 59.5 Å². The Bertz CT molecular complexity index is 1030. The molecule has 5 heteroatoms. The van der Waals surface area contributed by atoms with E-state index < -0.39 is 0 Å². The first-order chi connectivity index (χ1) is 10.2. The van der Waals surface area contributed by atoms with Gasteiger partial charge in [-0.15, -0.1) is 12.4 Å². The summed E-state index contributed by atoms with van der Waals surface area (Å²) in [5.74, 6) is 0. The van der Waals surface area contributed by atoms with Crippen LogP contribution in [0.25, 0.3) is 33.1 Å². The fraction of sp³-hybridized carbons (Fsp3) is 0. The van der Waals surface area contributed by atoms with E-state index in [4.69, 9.17) is 5.73 Å². The van der Waals surface area contributed by atoms with Crippen LogP contribution in [-0.4, -0.2) is 9.97 Å². The zero-order valence-electron chi connectivity index (χ0n) is 11.6. The zero-order chi connectivity index (χ0) is 14.4.